The molecule has 2 heterocycles. The van der Waals surface area contributed by atoms with E-state index in [1.54, 1.807) is 54.7 Å². The summed E-state index contributed by atoms with van der Waals surface area (Å²) >= 11 is 12.1. The zero-order valence-corrected chi connectivity index (χ0v) is 20.2. The monoisotopic (exact) mass is 504 g/mol. The molecule has 174 valence electrons. The largest absolute Gasteiger partial charge is 0.438 e. The number of rotatable bonds is 5. The van der Waals surface area contributed by atoms with Gasteiger partial charge in [0.1, 0.15) is 28.6 Å². The van der Waals surface area contributed by atoms with E-state index in [0.717, 1.165) is 17.2 Å². The molecule has 0 unspecified atom stereocenters. The van der Waals surface area contributed by atoms with Crippen molar-refractivity contribution in [3.05, 3.63) is 103 Å². The fourth-order valence-electron chi connectivity index (χ4n) is 3.47. The van der Waals surface area contributed by atoms with Gasteiger partial charge in [-0.2, -0.15) is 10.2 Å². The van der Waals surface area contributed by atoms with E-state index in [2.05, 4.69) is 10.3 Å². The fraction of sp³-hybridized carbons (Fsp3) is 0.0769. The Hall–Kier alpha value is -4.12. The molecule has 0 aliphatic rings. The molecule has 0 atom stereocenters. The first-order valence-electron chi connectivity index (χ1n) is 10.4. The van der Waals surface area contributed by atoms with Gasteiger partial charge < -0.3 is 10.1 Å². The van der Waals surface area contributed by atoms with Crippen molar-refractivity contribution in [1.29, 1.82) is 5.26 Å². The second kappa shape index (κ2) is 10.0. The Balaban J connectivity index is 1.82. The number of halogens is 2. The number of fused-ring (bicyclic) bond motifs is 1. The minimum Gasteiger partial charge on any atom is -0.438 e. The second-order valence-corrected chi connectivity index (χ2v) is 8.50. The van der Waals surface area contributed by atoms with Gasteiger partial charge in [0.05, 0.1) is 15.7 Å². The number of carbonyl (C=O) groups excluding carboxylic acids is 1. The molecule has 0 bridgehead atoms. The van der Waals surface area contributed by atoms with Gasteiger partial charge in [-0.1, -0.05) is 41.4 Å². The van der Waals surface area contributed by atoms with Crippen LogP contribution in [0.2, 0.25) is 10.0 Å². The summed E-state index contributed by atoms with van der Waals surface area (Å²) in [6.07, 6.45) is 2.70. The third-order valence-electron chi connectivity index (χ3n) is 5.00. The Morgan fingerprint density at radius 2 is 1.86 bits per heavy atom. The van der Waals surface area contributed by atoms with Gasteiger partial charge in [-0.25, -0.2) is 0 Å². The van der Waals surface area contributed by atoms with Crippen LogP contribution in [0.25, 0.3) is 11.7 Å². The molecule has 0 fully saturated rings. The van der Waals surface area contributed by atoms with Crippen LogP contribution in [0, 0.1) is 25.2 Å². The first kappa shape index (κ1) is 24.0. The first-order valence-corrected chi connectivity index (χ1v) is 11.2. The first-order chi connectivity index (χ1) is 16.8. The average Bonchev–Trinajstić information content (AvgIpc) is 2.81. The number of nitriles is 1. The van der Waals surface area contributed by atoms with Crippen molar-refractivity contribution in [2.24, 2.45) is 0 Å². The number of ether oxygens (including phenoxy) is 1. The Bertz CT molecular complexity index is 1580. The summed E-state index contributed by atoms with van der Waals surface area (Å²) in [5, 5.41) is 12.6. The SMILES string of the molecule is Cc1cc(C)cc(Oc2nc3ccccn3c(=O)c2/C=C(/C#N)C(=O)Nc2cccc(Cl)c2Cl)c1. The summed E-state index contributed by atoms with van der Waals surface area (Å²) in [5.41, 5.74) is 1.59. The number of hydrogen-bond donors (Lipinski definition) is 1. The maximum atomic E-state index is 13.3. The molecule has 1 amide bonds. The molecule has 4 rings (SSSR count). The van der Waals surface area contributed by atoms with E-state index in [1.165, 1.54) is 4.40 Å². The highest BCUT2D eigenvalue weighted by molar-refractivity contribution is 6.44. The maximum absolute atomic E-state index is 13.3. The molecule has 2 aromatic heterocycles. The van der Waals surface area contributed by atoms with Crippen LogP contribution < -0.4 is 15.6 Å². The van der Waals surface area contributed by atoms with E-state index < -0.39 is 11.5 Å². The number of anilines is 1. The van der Waals surface area contributed by atoms with Gasteiger partial charge in [-0.05, 0) is 67.4 Å². The van der Waals surface area contributed by atoms with Crippen molar-refractivity contribution >= 4 is 46.5 Å². The summed E-state index contributed by atoms with van der Waals surface area (Å²) in [4.78, 5) is 30.7. The lowest BCUT2D eigenvalue weighted by Crippen LogP contribution is -2.20. The fourth-order valence-corrected chi connectivity index (χ4v) is 3.82. The lowest BCUT2D eigenvalue weighted by molar-refractivity contribution is -0.112. The molecule has 7 nitrogen and oxygen atoms in total. The van der Waals surface area contributed by atoms with Crippen molar-refractivity contribution in [2.45, 2.75) is 13.8 Å². The number of aromatic nitrogens is 2. The van der Waals surface area contributed by atoms with Gasteiger partial charge in [0.15, 0.2) is 0 Å². The predicted octanol–water partition coefficient (Wildman–Crippen LogP) is 5.96. The third-order valence-corrected chi connectivity index (χ3v) is 5.82. The molecule has 0 spiro atoms. The van der Waals surface area contributed by atoms with E-state index in [1.807, 2.05) is 26.0 Å². The van der Waals surface area contributed by atoms with Crippen LogP contribution in [0.5, 0.6) is 11.6 Å². The summed E-state index contributed by atoms with van der Waals surface area (Å²) in [6.45, 7) is 3.84. The highest BCUT2D eigenvalue weighted by Crippen LogP contribution is 2.30. The minimum absolute atomic E-state index is 0.0347. The average molecular weight is 505 g/mol. The van der Waals surface area contributed by atoms with Gasteiger partial charge >= 0.3 is 0 Å². The Morgan fingerprint density at radius 3 is 2.57 bits per heavy atom. The quantitative estimate of drug-likeness (QED) is 0.267. The number of carbonyl (C=O) groups is 1. The standard InChI is InChI=1S/C26H18Cl2N4O3/c1-15-10-16(2)12-18(11-15)35-25-19(26(34)32-9-4-3-8-22(32)31-25)13-17(14-29)24(33)30-21-7-5-6-20(27)23(21)28/h3-13H,1-2H3,(H,30,33)/b17-13-. The summed E-state index contributed by atoms with van der Waals surface area (Å²) < 4.78 is 7.30. The summed E-state index contributed by atoms with van der Waals surface area (Å²) in [6, 6.07) is 17.2. The number of benzene rings is 2. The van der Waals surface area contributed by atoms with E-state index >= 15 is 0 Å². The molecule has 9 heteroatoms. The van der Waals surface area contributed by atoms with Gasteiger partial charge in [0.25, 0.3) is 11.5 Å². The molecule has 4 aromatic rings. The highest BCUT2D eigenvalue weighted by Gasteiger charge is 2.18. The number of nitrogens with zero attached hydrogens (tertiary/aromatic N) is 3. The number of aryl methyl sites for hydroxylation is 2. The third kappa shape index (κ3) is 5.19. The van der Waals surface area contributed by atoms with E-state index in [-0.39, 0.29) is 32.7 Å². The van der Waals surface area contributed by atoms with Crippen LogP contribution in [-0.4, -0.2) is 15.3 Å². The molecule has 1 N–H and O–H groups in total. The number of amides is 1. The maximum Gasteiger partial charge on any atom is 0.269 e. The van der Waals surface area contributed by atoms with Crippen molar-refractivity contribution in [2.75, 3.05) is 5.32 Å². The van der Waals surface area contributed by atoms with Gasteiger partial charge in [-0.15, -0.1) is 0 Å². The predicted molar refractivity (Wildman–Crippen MR) is 136 cm³/mol. The van der Waals surface area contributed by atoms with E-state index in [4.69, 9.17) is 27.9 Å². The minimum atomic E-state index is -0.772. The van der Waals surface area contributed by atoms with Crippen LogP contribution in [-0.2, 0) is 4.79 Å². The van der Waals surface area contributed by atoms with Crippen molar-refractivity contribution in [3.8, 4) is 17.7 Å². The normalized spacial score (nSPS) is 11.2. The number of pyridine rings is 1. The molecule has 35 heavy (non-hydrogen) atoms. The van der Waals surface area contributed by atoms with Crippen molar-refractivity contribution < 1.29 is 9.53 Å². The lowest BCUT2D eigenvalue weighted by Gasteiger charge is -2.12. The van der Waals surface area contributed by atoms with E-state index in [9.17, 15) is 14.9 Å². The van der Waals surface area contributed by atoms with Gasteiger partial charge in [-0.3, -0.25) is 14.0 Å². The van der Waals surface area contributed by atoms with Crippen molar-refractivity contribution in [3.63, 3.8) is 0 Å². The second-order valence-electron chi connectivity index (χ2n) is 7.72. The smallest absolute Gasteiger partial charge is 0.269 e. The molecular weight excluding hydrogens is 487 g/mol. The van der Waals surface area contributed by atoms with Crippen LogP contribution in [0.15, 0.2) is 71.2 Å². The Kier molecular flexibility index (Phi) is 6.87. The van der Waals surface area contributed by atoms with Gasteiger partial charge in [0.2, 0.25) is 5.88 Å². The zero-order chi connectivity index (χ0) is 25.1. The molecule has 2 aromatic carbocycles. The van der Waals surface area contributed by atoms with Crippen LogP contribution in [0.1, 0.15) is 16.7 Å². The molecule has 0 saturated carbocycles. The van der Waals surface area contributed by atoms with Crippen molar-refractivity contribution in [1.82, 2.24) is 9.38 Å². The topological polar surface area (TPSA) is 96.5 Å². The molecule has 0 aliphatic carbocycles. The summed E-state index contributed by atoms with van der Waals surface area (Å²) in [5.74, 6) is -0.336. The number of hydrogen-bond acceptors (Lipinski definition) is 5. The molecule has 0 saturated heterocycles. The number of nitrogens with one attached hydrogen (secondary N) is 1. The molecular formula is C26H18Cl2N4O3. The molecule has 0 radical (unpaired) electrons. The Morgan fingerprint density at radius 1 is 1.11 bits per heavy atom. The van der Waals surface area contributed by atoms with E-state index in [0.29, 0.717) is 11.4 Å². The lowest BCUT2D eigenvalue weighted by atomic mass is 10.1. The molecule has 0 aliphatic heterocycles. The summed E-state index contributed by atoms with van der Waals surface area (Å²) in [7, 11) is 0. The van der Waals surface area contributed by atoms with Crippen LogP contribution >= 0.6 is 23.2 Å². The van der Waals surface area contributed by atoms with Crippen LogP contribution in [0.4, 0.5) is 5.69 Å². The zero-order valence-electron chi connectivity index (χ0n) is 18.7. The highest BCUT2D eigenvalue weighted by atomic mass is 35.5. The van der Waals surface area contributed by atoms with Crippen LogP contribution in [0.3, 0.4) is 0 Å². The van der Waals surface area contributed by atoms with Gasteiger partial charge in [0, 0.05) is 6.20 Å². The Labute approximate surface area is 210 Å².